The molecule has 0 radical (unpaired) electrons. The van der Waals surface area contributed by atoms with Gasteiger partial charge in [0.1, 0.15) is 6.04 Å². The normalized spacial score (nSPS) is 16.5. The Balaban J connectivity index is 1.56. The Labute approximate surface area is 199 Å². The maximum absolute atomic E-state index is 13.6. The van der Waals surface area contributed by atoms with Crippen LogP contribution in [0.25, 0.3) is 22.0 Å². The fourth-order valence-corrected chi connectivity index (χ4v) is 4.05. The number of alkyl halides is 2. The lowest BCUT2D eigenvalue weighted by Crippen LogP contribution is -2.43. The van der Waals surface area contributed by atoms with Crippen LogP contribution in [-0.4, -0.2) is 52.7 Å². The van der Waals surface area contributed by atoms with Crippen LogP contribution < -0.4 is 10.6 Å². The number of rotatable bonds is 5. The molecule has 1 aromatic heterocycles. The van der Waals surface area contributed by atoms with Crippen molar-refractivity contribution in [3.8, 4) is 17.2 Å². The molecule has 0 bridgehead atoms. The highest BCUT2D eigenvalue weighted by molar-refractivity contribution is 6.07. The Morgan fingerprint density at radius 3 is 2.69 bits per heavy atom. The van der Waals surface area contributed by atoms with Crippen molar-refractivity contribution in [2.45, 2.75) is 25.3 Å². The first-order valence-corrected chi connectivity index (χ1v) is 10.8. The number of aromatic nitrogens is 1. The molecule has 0 aliphatic carbocycles. The largest absolute Gasteiger partial charge is 0.343 e. The maximum Gasteiger partial charge on any atom is 0.268 e. The minimum absolute atomic E-state index is 0.197. The van der Waals surface area contributed by atoms with Crippen LogP contribution in [0.4, 0.5) is 14.5 Å². The topological polar surface area (TPSA) is 115 Å². The Morgan fingerprint density at radius 1 is 1.17 bits per heavy atom. The molecular weight excluding hydrogens is 456 g/mol. The van der Waals surface area contributed by atoms with Gasteiger partial charge in [-0.25, -0.2) is 8.78 Å². The molecular formula is C25H21F2N5O3. The van der Waals surface area contributed by atoms with Crippen LogP contribution in [0.2, 0.25) is 0 Å². The highest BCUT2D eigenvalue weighted by Gasteiger charge is 2.47. The van der Waals surface area contributed by atoms with Crippen molar-refractivity contribution in [2.75, 3.05) is 18.4 Å². The third-order valence-electron chi connectivity index (χ3n) is 5.64. The van der Waals surface area contributed by atoms with Crippen molar-refractivity contribution in [1.29, 1.82) is 5.26 Å². The summed E-state index contributed by atoms with van der Waals surface area (Å²) >= 11 is 0. The van der Waals surface area contributed by atoms with Crippen molar-refractivity contribution >= 4 is 34.3 Å². The van der Waals surface area contributed by atoms with E-state index in [1.54, 1.807) is 36.4 Å². The lowest BCUT2D eigenvalue weighted by atomic mass is 10.00. The Kier molecular flexibility index (Phi) is 6.42. The van der Waals surface area contributed by atoms with Gasteiger partial charge < -0.3 is 15.5 Å². The summed E-state index contributed by atoms with van der Waals surface area (Å²) in [5.74, 6) is -4.66. The number of halogens is 2. The van der Waals surface area contributed by atoms with Gasteiger partial charge in [-0.3, -0.25) is 19.4 Å². The molecule has 1 aliphatic rings. The molecule has 8 nitrogen and oxygen atoms in total. The van der Waals surface area contributed by atoms with Crippen LogP contribution in [0.15, 0.2) is 54.7 Å². The van der Waals surface area contributed by atoms with Gasteiger partial charge in [0.2, 0.25) is 11.8 Å². The summed E-state index contributed by atoms with van der Waals surface area (Å²) in [6, 6.07) is 14.6. The average Bonchev–Trinajstić information content (AvgIpc) is 3.16. The molecule has 1 atom stereocenters. The number of nitrogens with zero attached hydrogens (tertiary/aromatic N) is 3. The van der Waals surface area contributed by atoms with Crippen LogP contribution in [0.1, 0.15) is 23.7 Å². The van der Waals surface area contributed by atoms with E-state index in [4.69, 9.17) is 5.26 Å². The number of carbonyl (C=O) groups excluding carboxylic acids is 3. The van der Waals surface area contributed by atoms with Crippen molar-refractivity contribution in [3.63, 3.8) is 0 Å². The van der Waals surface area contributed by atoms with E-state index < -0.39 is 43.3 Å². The molecule has 10 heteroatoms. The van der Waals surface area contributed by atoms with Gasteiger partial charge in [-0.15, -0.1) is 0 Å². The molecule has 1 aliphatic heterocycles. The fraction of sp³-hybridized carbons (Fsp3) is 0.240. The molecule has 1 unspecified atom stereocenters. The standard InChI is InChI=1S/C25H21F2N5O3/c1-15(33)31-18-4-2-3-16(9-18)17-5-6-22-21(10-17)20(7-8-29-22)24(35)30-13-23(34)32-14-25(26,27)11-19(32)12-28/h2-10,19H,11,13-14H2,1H3,(H,30,35)(H,31,33). The molecule has 2 N–H and O–H groups in total. The van der Waals surface area contributed by atoms with E-state index in [2.05, 4.69) is 15.6 Å². The minimum atomic E-state index is -3.13. The zero-order valence-electron chi connectivity index (χ0n) is 18.7. The monoisotopic (exact) mass is 477 g/mol. The molecule has 4 rings (SSSR count). The zero-order chi connectivity index (χ0) is 25.2. The number of nitrogens with one attached hydrogen (secondary N) is 2. The molecule has 1 fully saturated rings. The zero-order valence-corrected chi connectivity index (χ0v) is 18.7. The average molecular weight is 477 g/mol. The van der Waals surface area contributed by atoms with E-state index >= 15 is 0 Å². The molecule has 0 spiro atoms. The number of pyridine rings is 1. The van der Waals surface area contributed by atoms with Crippen molar-refractivity contribution in [2.24, 2.45) is 0 Å². The third kappa shape index (κ3) is 5.24. The predicted octanol–water partition coefficient (Wildman–Crippen LogP) is 3.35. The number of hydrogen-bond acceptors (Lipinski definition) is 5. The summed E-state index contributed by atoms with van der Waals surface area (Å²) in [4.78, 5) is 41.8. The molecule has 0 saturated carbocycles. The summed E-state index contributed by atoms with van der Waals surface area (Å²) in [5, 5.41) is 14.8. The lowest BCUT2D eigenvalue weighted by molar-refractivity contribution is -0.131. The highest BCUT2D eigenvalue weighted by atomic mass is 19.3. The number of nitriles is 1. The van der Waals surface area contributed by atoms with Crippen molar-refractivity contribution in [3.05, 3.63) is 60.3 Å². The first-order valence-electron chi connectivity index (χ1n) is 10.8. The maximum atomic E-state index is 13.6. The van der Waals surface area contributed by atoms with Gasteiger partial charge in [0.25, 0.3) is 11.8 Å². The quantitative estimate of drug-likeness (QED) is 0.585. The lowest BCUT2D eigenvalue weighted by Gasteiger charge is -2.19. The minimum Gasteiger partial charge on any atom is -0.343 e. The van der Waals surface area contributed by atoms with Gasteiger partial charge in [0, 0.05) is 30.6 Å². The summed E-state index contributed by atoms with van der Waals surface area (Å²) in [6.07, 6.45) is 0.743. The molecule has 3 amide bonds. The summed E-state index contributed by atoms with van der Waals surface area (Å²) < 4.78 is 27.3. The van der Waals surface area contributed by atoms with Gasteiger partial charge >= 0.3 is 0 Å². The predicted molar refractivity (Wildman–Crippen MR) is 124 cm³/mol. The summed E-state index contributed by atoms with van der Waals surface area (Å²) in [6.45, 7) is 0.0497. The molecule has 1 saturated heterocycles. The number of likely N-dealkylation sites (tertiary alicyclic amines) is 1. The van der Waals surface area contributed by atoms with Gasteiger partial charge in [0.15, 0.2) is 0 Å². The van der Waals surface area contributed by atoms with Gasteiger partial charge in [-0.2, -0.15) is 5.26 Å². The van der Waals surface area contributed by atoms with E-state index in [1.807, 2.05) is 12.1 Å². The Bertz CT molecular complexity index is 1370. The number of fused-ring (bicyclic) bond motifs is 1. The number of benzene rings is 2. The van der Waals surface area contributed by atoms with E-state index in [-0.39, 0.29) is 11.5 Å². The molecule has 2 aromatic carbocycles. The summed E-state index contributed by atoms with van der Waals surface area (Å²) in [5.41, 5.74) is 3.02. The smallest absolute Gasteiger partial charge is 0.268 e. The van der Waals surface area contributed by atoms with Crippen molar-refractivity contribution < 1.29 is 23.2 Å². The van der Waals surface area contributed by atoms with Crippen LogP contribution in [0.5, 0.6) is 0 Å². The number of anilines is 1. The fourth-order valence-electron chi connectivity index (χ4n) is 4.05. The Morgan fingerprint density at radius 2 is 1.94 bits per heavy atom. The van der Waals surface area contributed by atoms with Gasteiger partial charge in [-0.05, 0) is 41.5 Å². The van der Waals surface area contributed by atoms with Crippen LogP contribution >= 0.6 is 0 Å². The third-order valence-corrected chi connectivity index (χ3v) is 5.64. The highest BCUT2D eigenvalue weighted by Crippen LogP contribution is 2.32. The molecule has 35 heavy (non-hydrogen) atoms. The molecule has 2 heterocycles. The number of carbonyl (C=O) groups is 3. The van der Waals surface area contributed by atoms with Crippen LogP contribution in [0.3, 0.4) is 0 Å². The van der Waals surface area contributed by atoms with E-state index in [9.17, 15) is 23.2 Å². The van der Waals surface area contributed by atoms with E-state index in [1.165, 1.54) is 19.2 Å². The number of amides is 3. The van der Waals surface area contributed by atoms with Gasteiger partial charge in [-0.1, -0.05) is 18.2 Å². The van der Waals surface area contributed by atoms with Crippen LogP contribution in [0, 0.1) is 11.3 Å². The molecule has 178 valence electrons. The molecule has 3 aromatic rings. The first-order chi connectivity index (χ1) is 16.7. The summed E-state index contributed by atoms with van der Waals surface area (Å²) in [7, 11) is 0. The Hall–Kier alpha value is -4.39. The number of hydrogen-bond donors (Lipinski definition) is 2. The first kappa shape index (κ1) is 23.8. The SMILES string of the molecule is CC(=O)Nc1cccc(-c2ccc3nccc(C(=O)NCC(=O)N4CC(F)(F)CC4C#N)c3c2)c1. The second kappa shape index (κ2) is 9.46. The van der Waals surface area contributed by atoms with E-state index in [0.717, 1.165) is 16.0 Å². The van der Waals surface area contributed by atoms with Gasteiger partial charge in [0.05, 0.1) is 30.2 Å². The van der Waals surface area contributed by atoms with Crippen LogP contribution in [-0.2, 0) is 9.59 Å². The van der Waals surface area contributed by atoms with Crippen molar-refractivity contribution in [1.82, 2.24) is 15.2 Å². The second-order valence-corrected chi connectivity index (χ2v) is 8.26. The van der Waals surface area contributed by atoms with E-state index in [0.29, 0.717) is 16.6 Å². The second-order valence-electron chi connectivity index (χ2n) is 8.26.